The Morgan fingerprint density at radius 1 is 1.00 bits per heavy atom. The summed E-state index contributed by atoms with van der Waals surface area (Å²) in [5.74, 6) is -0.451. The maximum Gasteiger partial charge on any atom is 0.243 e. The van der Waals surface area contributed by atoms with Crippen molar-refractivity contribution >= 4 is 55.0 Å². The molecule has 1 aliphatic rings. The molecule has 1 saturated heterocycles. The van der Waals surface area contributed by atoms with Gasteiger partial charge in [-0.1, -0.05) is 53.8 Å². The van der Waals surface area contributed by atoms with Crippen LogP contribution in [0.3, 0.4) is 0 Å². The highest BCUT2D eigenvalue weighted by Crippen LogP contribution is 2.31. The highest BCUT2D eigenvalue weighted by atomic mass is 32.1. The molecule has 3 aromatic carbocycles. The van der Waals surface area contributed by atoms with Crippen molar-refractivity contribution < 1.29 is 14.3 Å². The van der Waals surface area contributed by atoms with Gasteiger partial charge in [0.2, 0.25) is 11.8 Å². The number of hydrogen-bond acceptors (Lipinski definition) is 6. The van der Waals surface area contributed by atoms with E-state index in [1.54, 1.807) is 11.3 Å². The van der Waals surface area contributed by atoms with Crippen molar-refractivity contribution in [1.29, 1.82) is 0 Å². The van der Waals surface area contributed by atoms with E-state index in [2.05, 4.69) is 15.5 Å². The summed E-state index contributed by atoms with van der Waals surface area (Å²) >= 11 is 1.60. The summed E-state index contributed by atoms with van der Waals surface area (Å²) in [6.45, 7) is 3.01. The number of amides is 2. The second-order valence-electron chi connectivity index (χ2n) is 7.92. The molecule has 0 unspecified atom stereocenters. The molecular weight excluding hydrogens is 436 g/mol. The zero-order chi connectivity index (χ0) is 22.6. The summed E-state index contributed by atoms with van der Waals surface area (Å²) in [5.41, 5.74) is 2.54. The van der Waals surface area contributed by atoms with Gasteiger partial charge in [-0.05, 0) is 34.5 Å². The van der Waals surface area contributed by atoms with Crippen molar-refractivity contribution in [2.75, 3.05) is 43.1 Å². The Bertz CT molecular complexity index is 1310. The molecule has 0 saturated carbocycles. The quantitative estimate of drug-likeness (QED) is 0.460. The van der Waals surface area contributed by atoms with Crippen LogP contribution in [0.2, 0.25) is 0 Å². The zero-order valence-electron chi connectivity index (χ0n) is 18.0. The molecular formula is C25H24N4O3S. The minimum absolute atomic E-state index is 0.0800. The van der Waals surface area contributed by atoms with E-state index in [4.69, 9.17) is 9.72 Å². The number of morpholine rings is 1. The van der Waals surface area contributed by atoms with Gasteiger partial charge in [0.1, 0.15) is 0 Å². The molecule has 1 aromatic heterocycles. The number of benzene rings is 3. The molecule has 0 radical (unpaired) electrons. The average molecular weight is 461 g/mol. The number of thiazole rings is 1. The molecule has 1 aliphatic heterocycles. The van der Waals surface area contributed by atoms with Crippen LogP contribution in [0.25, 0.3) is 21.0 Å². The number of anilines is 2. The fourth-order valence-electron chi connectivity index (χ4n) is 3.95. The maximum absolute atomic E-state index is 12.4. The van der Waals surface area contributed by atoms with Crippen molar-refractivity contribution in [2.45, 2.75) is 6.42 Å². The van der Waals surface area contributed by atoms with Gasteiger partial charge in [0.15, 0.2) is 5.13 Å². The van der Waals surface area contributed by atoms with Crippen LogP contribution in [0.4, 0.5) is 10.8 Å². The molecule has 2 N–H and O–H groups in total. The van der Waals surface area contributed by atoms with Crippen LogP contribution in [0, 0.1) is 0 Å². The van der Waals surface area contributed by atoms with E-state index < -0.39 is 0 Å². The first-order valence-electron chi connectivity index (χ1n) is 10.9. The molecule has 0 spiro atoms. The third kappa shape index (κ3) is 4.97. The lowest BCUT2D eigenvalue weighted by Gasteiger charge is -2.25. The number of rotatable bonds is 6. The number of ether oxygens (including phenoxy) is 1. The summed E-state index contributed by atoms with van der Waals surface area (Å²) in [4.78, 5) is 31.8. The first kappa shape index (κ1) is 21.4. The van der Waals surface area contributed by atoms with Crippen molar-refractivity contribution in [2.24, 2.45) is 0 Å². The molecule has 4 aromatic rings. The third-order valence-electron chi connectivity index (χ3n) is 5.62. The minimum atomic E-state index is -0.265. The summed E-state index contributed by atoms with van der Waals surface area (Å²) < 4.78 is 6.42. The van der Waals surface area contributed by atoms with E-state index >= 15 is 0 Å². The number of carbonyl (C=O) groups excluding carboxylic acids is 2. The van der Waals surface area contributed by atoms with Crippen LogP contribution >= 0.6 is 11.3 Å². The number of nitrogens with one attached hydrogen (secondary N) is 2. The Hall–Kier alpha value is -3.49. The predicted molar refractivity (Wildman–Crippen MR) is 132 cm³/mol. The number of nitrogens with zero attached hydrogens (tertiary/aromatic N) is 2. The maximum atomic E-state index is 12.4. The van der Waals surface area contributed by atoms with E-state index in [1.165, 1.54) is 0 Å². The average Bonchev–Trinajstić information content (AvgIpc) is 3.27. The van der Waals surface area contributed by atoms with Crippen LogP contribution < -0.4 is 15.5 Å². The molecule has 8 heteroatoms. The molecule has 0 atom stereocenters. The van der Waals surface area contributed by atoms with Crippen LogP contribution in [-0.4, -0.2) is 49.6 Å². The summed E-state index contributed by atoms with van der Waals surface area (Å²) in [6.07, 6.45) is 0.228. The van der Waals surface area contributed by atoms with Gasteiger partial charge in [-0.2, -0.15) is 0 Å². The van der Waals surface area contributed by atoms with Crippen LogP contribution in [0.5, 0.6) is 0 Å². The van der Waals surface area contributed by atoms with E-state index in [0.29, 0.717) is 18.9 Å². The second-order valence-corrected chi connectivity index (χ2v) is 8.93. The van der Waals surface area contributed by atoms with Crippen LogP contribution in [0.15, 0.2) is 60.7 Å². The van der Waals surface area contributed by atoms with E-state index in [1.807, 2.05) is 60.7 Å². The van der Waals surface area contributed by atoms with Gasteiger partial charge < -0.3 is 20.3 Å². The second kappa shape index (κ2) is 9.56. The molecule has 0 aliphatic carbocycles. The Labute approximate surface area is 195 Å². The van der Waals surface area contributed by atoms with Gasteiger partial charge in [0.05, 0.1) is 36.4 Å². The highest BCUT2D eigenvalue weighted by molar-refractivity contribution is 7.22. The van der Waals surface area contributed by atoms with Crippen molar-refractivity contribution in [3.8, 4) is 0 Å². The molecule has 2 heterocycles. The number of aromatic nitrogens is 1. The lowest BCUT2D eigenvalue weighted by Crippen LogP contribution is -2.36. The number of hydrogen-bond donors (Lipinski definition) is 2. The number of carbonyl (C=O) groups is 2. The van der Waals surface area contributed by atoms with Crippen LogP contribution in [0.1, 0.15) is 5.56 Å². The monoisotopic (exact) mass is 460 g/mol. The minimum Gasteiger partial charge on any atom is -0.378 e. The van der Waals surface area contributed by atoms with E-state index in [0.717, 1.165) is 44.8 Å². The predicted octanol–water partition coefficient (Wildman–Crippen LogP) is 3.58. The topological polar surface area (TPSA) is 83.6 Å². The van der Waals surface area contributed by atoms with Gasteiger partial charge in [0, 0.05) is 18.8 Å². The van der Waals surface area contributed by atoms with Gasteiger partial charge in [0.25, 0.3) is 0 Å². The van der Waals surface area contributed by atoms with Gasteiger partial charge in [-0.25, -0.2) is 4.98 Å². The first-order valence-corrected chi connectivity index (χ1v) is 11.7. The van der Waals surface area contributed by atoms with Gasteiger partial charge in [-0.15, -0.1) is 0 Å². The fourth-order valence-corrected chi connectivity index (χ4v) is 5.00. The number of fused-ring (bicyclic) bond motifs is 2. The van der Waals surface area contributed by atoms with Crippen molar-refractivity contribution in [1.82, 2.24) is 10.3 Å². The van der Waals surface area contributed by atoms with Gasteiger partial charge in [-0.3, -0.25) is 9.59 Å². The first-order chi connectivity index (χ1) is 16.2. The van der Waals surface area contributed by atoms with Crippen molar-refractivity contribution in [3.05, 3.63) is 66.2 Å². The standard InChI is InChI=1S/C25H24N4O3S/c30-23(14-18-6-3-5-17-4-1-2-7-20(17)18)26-16-24(31)27-19-8-9-21-22(15-19)33-25(28-21)29-10-12-32-13-11-29/h1-9,15H,10-14,16H2,(H,26,30)(H,27,31). The van der Waals surface area contributed by atoms with E-state index in [-0.39, 0.29) is 24.8 Å². The van der Waals surface area contributed by atoms with Crippen molar-refractivity contribution in [3.63, 3.8) is 0 Å². The largest absolute Gasteiger partial charge is 0.378 e. The Kier molecular flexibility index (Phi) is 6.19. The highest BCUT2D eigenvalue weighted by Gasteiger charge is 2.16. The Morgan fingerprint density at radius 2 is 1.82 bits per heavy atom. The van der Waals surface area contributed by atoms with E-state index in [9.17, 15) is 9.59 Å². The normalized spacial score (nSPS) is 13.9. The smallest absolute Gasteiger partial charge is 0.243 e. The fraction of sp³-hybridized carbons (Fsp3) is 0.240. The SMILES string of the molecule is O=C(Cc1cccc2ccccc12)NCC(=O)Nc1ccc2nc(N3CCOCC3)sc2c1. The lowest BCUT2D eigenvalue weighted by molar-refractivity contribution is -0.123. The van der Waals surface area contributed by atoms with Crippen LogP contribution in [-0.2, 0) is 20.7 Å². The molecule has 0 bridgehead atoms. The lowest BCUT2D eigenvalue weighted by atomic mass is 10.0. The molecule has 33 heavy (non-hydrogen) atoms. The molecule has 168 valence electrons. The Morgan fingerprint density at radius 3 is 2.70 bits per heavy atom. The third-order valence-corrected chi connectivity index (χ3v) is 6.70. The Balaban J connectivity index is 1.18. The molecule has 1 fully saturated rings. The summed E-state index contributed by atoms with van der Waals surface area (Å²) in [7, 11) is 0. The van der Waals surface area contributed by atoms with Gasteiger partial charge >= 0.3 is 0 Å². The summed E-state index contributed by atoms with van der Waals surface area (Å²) in [5, 5.41) is 8.70. The molecule has 5 rings (SSSR count). The molecule has 2 amide bonds. The summed E-state index contributed by atoms with van der Waals surface area (Å²) in [6, 6.07) is 19.5. The zero-order valence-corrected chi connectivity index (χ0v) is 18.9. The molecule has 7 nitrogen and oxygen atoms in total.